The van der Waals surface area contributed by atoms with Crippen LogP contribution in [0.1, 0.15) is 13.2 Å². The van der Waals surface area contributed by atoms with Gasteiger partial charge in [-0.2, -0.15) is 0 Å². The Balaban J connectivity index is 2.53. The highest BCUT2D eigenvalue weighted by molar-refractivity contribution is 6.27. The molecule has 0 bridgehead atoms. The van der Waals surface area contributed by atoms with E-state index in [1.165, 1.54) is 6.92 Å². The Labute approximate surface area is 118 Å². The minimum Gasteiger partial charge on any atom is -0.391 e. The summed E-state index contributed by atoms with van der Waals surface area (Å²) in [7, 11) is 0. The fourth-order valence-electron chi connectivity index (χ4n) is 2.12. The summed E-state index contributed by atoms with van der Waals surface area (Å²) in [4.78, 5) is 23.1. The normalized spacial score (nSPS) is 34.6. The maximum absolute atomic E-state index is 11.8. The number of nitrogens with zero attached hydrogens (tertiary/aromatic N) is 1. The van der Waals surface area contributed by atoms with E-state index < -0.39 is 40.7 Å². The largest absolute Gasteiger partial charge is 0.391 e. The van der Waals surface area contributed by atoms with Crippen molar-refractivity contribution in [2.24, 2.45) is 0 Å². The van der Waals surface area contributed by atoms with Crippen molar-refractivity contribution in [3.8, 4) is 12.3 Å². The summed E-state index contributed by atoms with van der Waals surface area (Å²) in [5.41, 5.74) is -1.36. The van der Waals surface area contributed by atoms with Gasteiger partial charge in [0.15, 0.2) is 11.1 Å². The maximum atomic E-state index is 11.8. The van der Waals surface area contributed by atoms with Gasteiger partial charge >= 0.3 is 5.69 Å². The summed E-state index contributed by atoms with van der Waals surface area (Å²) >= 11 is 6.18. The van der Waals surface area contributed by atoms with Crippen molar-refractivity contribution in [3.05, 3.63) is 33.1 Å². The Hall–Kier alpha value is -1.59. The van der Waals surface area contributed by atoms with Crippen molar-refractivity contribution in [2.45, 2.75) is 36.3 Å². The predicted octanol–water partition coefficient (Wildman–Crippen LogP) is -1.21. The van der Waals surface area contributed by atoms with Crippen LogP contribution in [0, 0.1) is 12.3 Å². The number of aliphatic hydroxyl groups is 2. The molecule has 1 aliphatic heterocycles. The van der Waals surface area contributed by atoms with Crippen LogP contribution in [0.15, 0.2) is 21.9 Å². The zero-order valence-electron chi connectivity index (χ0n) is 10.5. The zero-order chi connectivity index (χ0) is 15.1. The molecule has 0 amide bonds. The molecule has 8 heteroatoms. The average Bonchev–Trinajstić information content (AvgIpc) is 2.64. The lowest BCUT2D eigenvalue weighted by molar-refractivity contribution is -0.0773. The van der Waals surface area contributed by atoms with Gasteiger partial charge in [0.25, 0.3) is 5.56 Å². The Bertz CT molecular complexity index is 661. The number of hydrogen-bond acceptors (Lipinski definition) is 5. The molecule has 0 saturated carbocycles. The fourth-order valence-corrected chi connectivity index (χ4v) is 2.40. The van der Waals surface area contributed by atoms with Crippen LogP contribution in [0.25, 0.3) is 0 Å². The van der Waals surface area contributed by atoms with Crippen LogP contribution < -0.4 is 11.2 Å². The van der Waals surface area contributed by atoms with Crippen LogP contribution in [0.5, 0.6) is 0 Å². The monoisotopic (exact) mass is 300 g/mol. The molecule has 20 heavy (non-hydrogen) atoms. The van der Waals surface area contributed by atoms with Gasteiger partial charge in [-0.05, 0) is 6.92 Å². The molecule has 5 atom stereocenters. The predicted molar refractivity (Wildman–Crippen MR) is 70.3 cm³/mol. The van der Waals surface area contributed by atoms with Gasteiger partial charge in [-0.15, -0.1) is 6.42 Å². The number of rotatable bonds is 2. The third-order valence-corrected chi connectivity index (χ3v) is 3.71. The van der Waals surface area contributed by atoms with Crippen LogP contribution >= 0.6 is 11.6 Å². The lowest BCUT2D eigenvalue weighted by Crippen LogP contribution is -2.45. The summed E-state index contributed by atoms with van der Waals surface area (Å²) in [5.74, 6) is 2.19. The molecule has 0 spiro atoms. The molecule has 7 nitrogen and oxygen atoms in total. The van der Waals surface area contributed by atoms with Gasteiger partial charge in [0, 0.05) is 12.3 Å². The van der Waals surface area contributed by atoms with E-state index in [1.807, 2.05) is 4.98 Å². The first-order chi connectivity index (χ1) is 9.31. The molecular weight excluding hydrogens is 288 g/mol. The molecule has 1 fully saturated rings. The summed E-state index contributed by atoms with van der Waals surface area (Å²) in [6.45, 7) is 1.40. The lowest BCUT2D eigenvalue weighted by Gasteiger charge is -2.25. The molecule has 108 valence electrons. The van der Waals surface area contributed by atoms with Crippen molar-refractivity contribution < 1.29 is 14.9 Å². The number of ether oxygens (including phenoxy) is 1. The van der Waals surface area contributed by atoms with Crippen LogP contribution in [-0.2, 0) is 4.74 Å². The molecule has 1 aliphatic rings. The Kier molecular flexibility index (Phi) is 3.75. The first kappa shape index (κ1) is 14.8. The topological polar surface area (TPSA) is 105 Å². The van der Waals surface area contributed by atoms with Gasteiger partial charge in [-0.3, -0.25) is 14.3 Å². The van der Waals surface area contributed by atoms with Crippen LogP contribution in [-0.4, -0.2) is 43.0 Å². The van der Waals surface area contributed by atoms with E-state index in [2.05, 4.69) is 5.92 Å². The van der Waals surface area contributed by atoms with E-state index in [0.29, 0.717) is 0 Å². The Morgan fingerprint density at radius 3 is 2.80 bits per heavy atom. The van der Waals surface area contributed by atoms with Crippen LogP contribution in [0.2, 0.25) is 0 Å². The van der Waals surface area contributed by atoms with Crippen molar-refractivity contribution in [3.63, 3.8) is 0 Å². The second kappa shape index (κ2) is 5.07. The number of hydrogen-bond donors (Lipinski definition) is 3. The van der Waals surface area contributed by atoms with Crippen molar-refractivity contribution in [1.29, 1.82) is 0 Å². The smallest absolute Gasteiger partial charge is 0.330 e. The number of terminal acetylenes is 1. The average molecular weight is 301 g/mol. The van der Waals surface area contributed by atoms with Crippen LogP contribution in [0.3, 0.4) is 0 Å². The fraction of sp³-hybridized carbons (Fsp3) is 0.500. The lowest BCUT2D eigenvalue weighted by atomic mass is 9.97. The quantitative estimate of drug-likeness (QED) is 0.469. The van der Waals surface area contributed by atoms with Gasteiger partial charge in [-0.1, -0.05) is 17.5 Å². The summed E-state index contributed by atoms with van der Waals surface area (Å²) < 4.78 is 6.39. The maximum Gasteiger partial charge on any atom is 0.330 e. The molecule has 3 N–H and O–H groups in total. The van der Waals surface area contributed by atoms with Crippen molar-refractivity contribution >= 4 is 11.6 Å². The van der Waals surface area contributed by atoms with Crippen LogP contribution in [0.4, 0.5) is 0 Å². The first-order valence-corrected chi connectivity index (χ1v) is 6.19. The van der Waals surface area contributed by atoms with Crippen molar-refractivity contribution in [1.82, 2.24) is 9.55 Å². The highest BCUT2D eigenvalue weighted by Crippen LogP contribution is 2.43. The number of H-pyrrole nitrogens is 1. The third-order valence-electron chi connectivity index (χ3n) is 3.19. The van der Waals surface area contributed by atoms with Gasteiger partial charge in [0.1, 0.15) is 12.2 Å². The van der Waals surface area contributed by atoms with Gasteiger partial charge in [0.05, 0.1) is 6.10 Å². The molecular formula is C12H13ClN2O5. The molecule has 0 aliphatic carbocycles. The second-order valence-electron chi connectivity index (χ2n) is 4.57. The first-order valence-electron chi connectivity index (χ1n) is 5.81. The van der Waals surface area contributed by atoms with E-state index in [-0.39, 0.29) is 0 Å². The summed E-state index contributed by atoms with van der Waals surface area (Å²) in [5, 5.41) is 19.7. The third kappa shape index (κ3) is 2.17. The SMILES string of the molecule is C#C[C@@]1(Cl)C(O)[C@@H]([C@@H](C)O)O[C@H]1n1ccc(=O)[nH]c1=O. The molecule has 2 rings (SSSR count). The molecule has 0 radical (unpaired) electrons. The Morgan fingerprint density at radius 1 is 1.65 bits per heavy atom. The van der Waals surface area contributed by atoms with E-state index in [1.54, 1.807) is 0 Å². The second-order valence-corrected chi connectivity index (χ2v) is 5.19. The molecule has 1 aromatic rings. The van der Waals surface area contributed by atoms with E-state index in [4.69, 9.17) is 22.8 Å². The van der Waals surface area contributed by atoms with E-state index in [0.717, 1.165) is 16.8 Å². The highest BCUT2D eigenvalue weighted by Gasteiger charge is 2.57. The molecule has 0 aromatic carbocycles. The molecule has 1 saturated heterocycles. The zero-order valence-corrected chi connectivity index (χ0v) is 11.2. The number of aliphatic hydroxyl groups excluding tert-OH is 2. The summed E-state index contributed by atoms with van der Waals surface area (Å²) in [6, 6.07) is 1.10. The number of halogens is 1. The molecule has 1 unspecified atom stereocenters. The van der Waals surface area contributed by atoms with Gasteiger partial charge in [0.2, 0.25) is 0 Å². The highest BCUT2D eigenvalue weighted by atomic mass is 35.5. The van der Waals surface area contributed by atoms with E-state index >= 15 is 0 Å². The molecule has 1 aromatic heterocycles. The van der Waals surface area contributed by atoms with Gasteiger partial charge in [-0.25, -0.2) is 4.79 Å². The number of nitrogens with one attached hydrogen (secondary N) is 1. The standard InChI is InChI=1S/C12H13ClN2O5/c1-3-12(13)9(18)8(6(2)16)20-10(12)15-5-4-7(17)14-11(15)19/h1,4-6,8-10,16,18H,2H3,(H,14,17,19)/t6-,8-,9?,10-,12-/m1/s1. The minimum atomic E-state index is -1.73. The molecule has 2 heterocycles. The number of aromatic amines is 1. The van der Waals surface area contributed by atoms with Gasteiger partial charge < -0.3 is 14.9 Å². The minimum absolute atomic E-state index is 0.585. The number of aromatic nitrogens is 2. The number of alkyl halides is 1. The van der Waals surface area contributed by atoms with Crippen molar-refractivity contribution in [2.75, 3.05) is 0 Å². The summed E-state index contributed by atoms with van der Waals surface area (Å²) in [6.07, 6.45) is 1.82. The Morgan fingerprint density at radius 2 is 2.30 bits per heavy atom. The van der Waals surface area contributed by atoms with E-state index in [9.17, 15) is 19.8 Å².